The first-order valence-corrected chi connectivity index (χ1v) is 37.1. The van der Waals surface area contributed by atoms with Crippen molar-refractivity contribution in [3.8, 4) is 0 Å². The maximum absolute atomic E-state index is 11.6. The first-order chi connectivity index (χ1) is 37.7. The second-order valence-electron chi connectivity index (χ2n) is 19.5. The highest BCUT2D eigenvalue weighted by Crippen LogP contribution is 2.42. The molecule has 0 amide bonds. The molecule has 3 atom stereocenters. The van der Waals surface area contributed by atoms with Crippen LogP contribution in [0.4, 0.5) is 0 Å². The predicted octanol–water partition coefficient (Wildman–Crippen LogP) is 14.0. The van der Waals surface area contributed by atoms with E-state index in [1.54, 1.807) is 36.9 Å². The third kappa shape index (κ3) is 18.7. The van der Waals surface area contributed by atoms with Crippen LogP contribution in [0.15, 0.2) is 172 Å². The molecule has 5 heterocycles. The summed E-state index contributed by atoms with van der Waals surface area (Å²) in [6.07, 6.45) is 8.33. The Morgan fingerprint density at radius 2 is 0.875 bits per heavy atom. The zero-order chi connectivity index (χ0) is 58.9. The number of rotatable bonds is 14. The van der Waals surface area contributed by atoms with Gasteiger partial charge in [0.2, 0.25) is 4.34 Å². The van der Waals surface area contributed by atoms with E-state index in [4.69, 9.17) is 24.2 Å². The molecule has 0 aliphatic rings. The molecule has 0 spiro atoms. The topological polar surface area (TPSA) is 201 Å². The third-order valence-corrected chi connectivity index (χ3v) is 30.6. The molecule has 5 aromatic heterocycles. The van der Waals surface area contributed by atoms with Crippen LogP contribution < -0.4 is 25.9 Å². The molecule has 13 nitrogen and oxygen atoms in total. The Balaban J connectivity index is 0.000000207. The number of nitrogens with zero attached hydrogens (tertiary/aromatic N) is 5. The molecule has 0 saturated carbocycles. The number of aliphatic hydroxyl groups excluding tert-OH is 2. The normalized spacial score (nSPS) is 12.9. The highest BCUT2D eigenvalue weighted by atomic mass is 79.9. The molecule has 4 aromatic carbocycles. The molecule has 3 unspecified atom stereocenters. The Bertz CT molecular complexity index is 3320. The van der Waals surface area contributed by atoms with Gasteiger partial charge in [-0.2, -0.15) is 0 Å². The summed E-state index contributed by atoms with van der Waals surface area (Å²) in [5, 5.41) is 27.5. The lowest BCUT2D eigenvalue weighted by Crippen LogP contribution is -2.66. The van der Waals surface area contributed by atoms with Gasteiger partial charge in [0.15, 0.2) is 22.0 Å². The number of benzene rings is 4. The Labute approximate surface area is 525 Å². The van der Waals surface area contributed by atoms with Crippen molar-refractivity contribution in [2.45, 2.75) is 102 Å². The minimum Gasteiger partial charge on any atom is -0.400 e. The average molecular weight is 1490 g/mol. The van der Waals surface area contributed by atoms with E-state index < -0.39 is 32.8 Å². The fraction of sp³-hybridized carbons (Fsp3) is 0.273. The molecule has 0 radical (unpaired) electrons. The predicted molar refractivity (Wildman–Crippen MR) is 349 cm³/mol. The van der Waals surface area contributed by atoms with Gasteiger partial charge in [-0.25, -0.2) is 38.5 Å². The summed E-state index contributed by atoms with van der Waals surface area (Å²) >= 11 is 19.9. The van der Waals surface area contributed by atoms with Crippen molar-refractivity contribution >= 4 is 174 Å². The molecule has 9 aromatic rings. The molecule has 9 rings (SSSR count). The van der Waals surface area contributed by atoms with Gasteiger partial charge in [0, 0.05) is 31.0 Å². The number of hydrogen-bond donors (Lipinski definition) is 3. The van der Waals surface area contributed by atoms with Gasteiger partial charge in [0.1, 0.15) is 0 Å². The zero-order valence-electron chi connectivity index (χ0n) is 45.2. The lowest BCUT2D eigenvalue weighted by molar-refractivity contribution is 0.112. The molecule has 80 heavy (non-hydrogen) atoms. The Kier molecular flexibility index (Phi) is 26.3. The van der Waals surface area contributed by atoms with Gasteiger partial charge in [-0.3, -0.25) is 4.79 Å². The van der Waals surface area contributed by atoms with Crippen molar-refractivity contribution in [2.75, 3.05) is 0 Å². The van der Waals surface area contributed by atoms with Crippen molar-refractivity contribution in [1.29, 1.82) is 0 Å². The maximum Gasteiger partial charge on any atom is 0.265 e. The van der Waals surface area contributed by atoms with Gasteiger partial charge >= 0.3 is 0 Å². The molecule has 4 N–H and O–H groups in total. The van der Waals surface area contributed by atoms with E-state index in [2.05, 4.69) is 222 Å². The SMILES string of the molecule is CC(O)c1cnc(Br)s1.CC(O[Si](c1ccccc1)(c1ccccc1)C(C)(C)C)c1cnc(Br)s1.CC(O[Si](c1ccccc1)(c1ccccc1)C(C)(C)C)c1cnc(S(N)(=O)=O)s1.O=Cc1cnc(Br)s1.OCc1cnc(Br)s1. The highest BCUT2D eigenvalue weighted by molar-refractivity contribution is 9.11. The molecular weight excluding hydrogens is 1420 g/mol. The van der Waals surface area contributed by atoms with Crippen LogP contribution in [0.25, 0.3) is 0 Å². The van der Waals surface area contributed by atoms with E-state index in [1.165, 1.54) is 61.0 Å². The highest BCUT2D eigenvalue weighted by Gasteiger charge is 2.52. The number of carbonyl (C=O) groups excluding carboxylic acids is 1. The van der Waals surface area contributed by atoms with E-state index in [1.807, 2.05) is 49.5 Å². The summed E-state index contributed by atoms with van der Waals surface area (Å²) in [6, 6.07) is 42.1. The number of sulfonamides is 1. The molecule has 0 saturated heterocycles. The van der Waals surface area contributed by atoms with Crippen LogP contribution in [-0.4, -0.2) is 66.5 Å². The fourth-order valence-corrected chi connectivity index (χ4v) is 24.2. The van der Waals surface area contributed by atoms with Gasteiger partial charge in [0.05, 0.1) is 49.3 Å². The number of primary sulfonamides is 1. The van der Waals surface area contributed by atoms with Crippen molar-refractivity contribution in [3.05, 3.63) is 192 Å². The van der Waals surface area contributed by atoms with E-state index in [9.17, 15) is 13.2 Å². The summed E-state index contributed by atoms with van der Waals surface area (Å²) in [5.74, 6) is 0. The van der Waals surface area contributed by atoms with E-state index in [0.29, 0.717) is 4.88 Å². The molecule has 426 valence electrons. The number of halogens is 4. The number of aldehydes is 1. The largest absolute Gasteiger partial charge is 0.400 e. The summed E-state index contributed by atoms with van der Waals surface area (Å²) in [7, 11) is -9.08. The Morgan fingerprint density at radius 3 is 1.11 bits per heavy atom. The van der Waals surface area contributed by atoms with Crippen LogP contribution in [0.2, 0.25) is 10.1 Å². The van der Waals surface area contributed by atoms with Gasteiger partial charge in [0.25, 0.3) is 26.7 Å². The second kappa shape index (κ2) is 31.1. The van der Waals surface area contributed by atoms with Crippen LogP contribution in [0.5, 0.6) is 0 Å². The zero-order valence-corrected chi connectivity index (χ0v) is 58.4. The summed E-state index contributed by atoms with van der Waals surface area (Å²) in [4.78, 5) is 34.2. The standard InChI is InChI=1S/C21H24BrNOSSi.C21H26N2O3S2Si.C5H6BrNOS.C4H4BrNOS.C4H2BrNOS/c1-16(19-15-23-20(22)25-19)24-26(21(2,3)4,17-11-7-5-8-12-17)18-13-9-6-10-14-18;1-16(19-15-23-20(27-19)28(22,24)25)26-29(21(2,3)4,17-11-7-5-8-12-17)18-13-9-6-10-14-18;1-3(8)4-2-7-5(6)9-4;2*5-4-6-1-3(2-7)8-4/h5-16H,1-4H3;5-16H,1-4H3,(H2,22,24,25);2-3,8H,1H3;1,7H,2H2;1-2H. The molecule has 25 heteroatoms. The Hall–Kier alpha value is -3.20. The van der Waals surface area contributed by atoms with Crippen LogP contribution in [0.3, 0.4) is 0 Å². The van der Waals surface area contributed by atoms with Crippen molar-refractivity contribution < 1.29 is 32.3 Å². The van der Waals surface area contributed by atoms with Crippen LogP contribution in [-0.2, 0) is 25.5 Å². The summed E-state index contributed by atoms with van der Waals surface area (Å²) in [6.45, 7) is 19.4. The van der Waals surface area contributed by atoms with Crippen molar-refractivity contribution in [1.82, 2.24) is 24.9 Å². The third-order valence-electron chi connectivity index (χ3n) is 11.8. The van der Waals surface area contributed by atoms with Crippen LogP contribution in [0, 0.1) is 0 Å². The molecule has 0 aliphatic carbocycles. The van der Waals surface area contributed by atoms with Crippen molar-refractivity contribution in [3.63, 3.8) is 0 Å². The van der Waals surface area contributed by atoms with Gasteiger partial charge in [-0.1, -0.05) is 163 Å². The molecular formula is C55H62Br4N6O7S6Si2. The van der Waals surface area contributed by atoms with Crippen LogP contribution >= 0.6 is 120 Å². The lowest BCUT2D eigenvalue weighted by atomic mass is 10.2. The minimum atomic E-state index is -3.83. The average Bonchev–Trinajstić information content (AvgIpc) is 4.41. The van der Waals surface area contributed by atoms with Gasteiger partial charge in [-0.15, -0.1) is 56.7 Å². The minimum absolute atomic E-state index is 0.0219. The number of nitrogens with two attached hydrogens (primary N) is 1. The van der Waals surface area contributed by atoms with Gasteiger partial charge in [-0.05, 0) is 115 Å². The maximum atomic E-state index is 11.6. The summed E-state index contributed by atoms with van der Waals surface area (Å²) in [5.41, 5.74) is 0. The Morgan fingerprint density at radius 1 is 0.537 bits per heavy atom. The smallest absolute Gasteiger partial charge is 0.265 e. The molecule has 0 fully saturated rings. The number of hydrogen-bond acceptors (Lipinski definition) is 17. The van der Waals surface area contributed by atoms with Crippen LogP contribution in [0.1, 0.15) is 110 Å². The first kappa shape index (κ1) is 67.6. The van der Waals surface area contributed by atoms with E-state index in [0.717, 1.165) is 52.8 Å². The number of aromatic nitrogens is 5. The fourth-order valence-electron chi connectivity index (χ4n) is 8.20. The molecule has 0 aliphatic heterocycles. The second-order valence-corrected chi connectivity index (χ2v) is 40.2. The molecule has 0 bridgehead atoms. The quantitative estimate of drug-likeness (QED) is 0.0688. The van der Waals surface area contributed by atoms with Crippen molar-refractivity contribution in [2.24, 2.45) is 5.14 Å². The van der Waals surface area contributed by atoms with Gasteiger partial charge < -0.3 is 19.1 Å². The summed E-state index contributed by atoms with van der Waals surface area (Å²) < 4.78 is 40.5. The van der Waals surface area contributed by atoms with E-state index in [-0.39, 0.29) is 33.2 Å². The monoisotopic (exact) mass is 1480 g/mol. The first-order valence-electron chi connectivity index (χ1n) is 24.5. The number of carbonyl (C=O) groups is 1. The lowest BCUT2D eigenvalue weighted by Gasteiger charge is -2.44. The number of aliphatic hydroxyl groups is 2. The van der Waals surface area contributed by atoms with E-state index >= 15 is 0 Å². The number of thiazole rings is 5.